The van der Waals surface area contributed by atoms with Gasteiger partial charge >= 0.3 is 5.97 Å². The van der Waals surface area contributed by atoms with Crippen LogP contribution in [-0.4, -0.2) is 116 Å². The highest BCUT2D eigenvalue weighted by atomic mass is 32.2. The summed E-state index contributed by atoms with van der Waals surface area (Å²) in [4.78, 5) is 78.6. The number of carboxylic acids is 1. The average molecular weight is 1070 g/mol. The number of alkyl halides is 2. The smallest absolute Gasteiger partial charge is 0.305 e. The highest BCUT2D eigenvalue weighted by molar-refractivity contribution is 8.01. The standard InChI is InChI=1S/C55H70F2N4O11S2/c1-8-10-12-30(3)73-42(27-47(66)67)50(70)58-22-20-46(65)59-31(4)48(68)60-32(5)49(69)61-35-13-11-14-37(24-35)74-36-17-15-34(16-18-36)51-71-45-26-38-39-25-41(56)40-23-33(9-2)19-21-52(40,6)54(39,57)43(63)28-53(38,7)55(45,72-51)44(64)29-62/h9,11,13-19,21,23-24,30-32,38-39,41-43,45,51,62-63H,8,10,12,20,22,25-29H2,1-7H3,(H,58,70)(H,59,65)(H,60,68)(H,61,69)(H,66,67)/b33-9+/t30?,31-,32-,38-,39-,41-,42?,43-,45+,51+,52-,53-,54-,55+/m0/s1. The van der Waals surface area contributed by atoms with E-state index in [0.717, 1.165) is 34.6 Å². The van der Waals surface area contributed by atoms with Gasteiger partial charge in [-0.05, 0) is 101 Å². The van der Waals surface area contributed by atoms with Crippen LogP contribution >= 0.6 is 23.5 Å². The summed E-state index contributed by atoms with van der Waals surface area (Å²) in [6.07, 6.45) is 4.05. The molecule has 1 saturated heterocycles. The van der Waals surface area contributed by atoms with Crippen LogP contribution in [0.2, 0.25) is 0 Å². The minimum absolute atomic E-state index is 0.0551. The quantitative estimate of drug-likeness (QED) is 0.0645. The number of carbonyl (C=O) groups excluding carboxylic acids is 5. The first-order chi connectivity index (χ1) is 35.0. The SMILES string of the molecule is C/C=C1\C=C[C@@]2(C)C(=C1)[C@@H](F)C[C@H]1[C@@H]3C[C@H]4O[C@@H](c5ccc(Sc6cccc(NC(=O)[C@H](C)NC(=O)[C@H](C)NC(=O)CCNC(=O)C(CC(=O)O)SC(C)CCCC)c6)cc5)O[C@@]4(C(=O)CO)[C@@]3(C)C[C@H](O)[C@@]12F. The van der Waals surface area contributed by atoms with Gasteiger partial charge in [0.2, 0.25) is 23.6 Å². The van der Waals surface area contributed by atoms with Gasteiger partial charge < -0.3 is 46.1 Å². The van der Waals surface area contributed by atoms with Crippen LogP contribution in [0.15, 0.2) is 93.8 Å². The van der Waals surface area contributed by atoms with E-state index in [1.807, 2.05) is 38.1 Å². The van der Waals surface area contributed by atoms with E-state index in [1.54, 1.807) is 62.4 Å². The Morgan fingerprint density at radius 3 is 2.34 bits per heavy atom. The average Bonchev–Trinajstić information content (AvgIpc) is 3.86. The van der Waals surface area contributed by atoms with Crippen LogP contribution in [0.3, 0.4) is 0 Å². The Balaban J connectivity index is 0.915. The number of allylic oxidation sites excluding steroid dienone is 6. The first kappa shape index (κ1) is 56.8. The van der Waals surface area contributed by atoms with Crippen molar-refractivity contribution in [1.82, 2.24) is 16.0 Å². The predicted octanol–water partition coefficient (Wildman–Crippen LogP) is 7.47. The second kappa shape index (κ2) is 23.1. The molecule has 74 heavy (non-hydrogen) atoms. The summed E-state index contributed by atoms with van der Waals surface area (Å²) in [5.74, 6) is -5.43. The Morgan fingerprint density at radius 1 is 0.946 bits per heavy atom. The maximum atomic E-state index is 18.0. The van der Waals surface area contributed by atoms with Crippen molar-refractivity contribution in [3.63, 3.8) is 0 Å². The lowest BCUT2D eigenvalue weighted by Crippen LogP contribution is -2.70. The number of fused-ring (bicyclic) bond motifs is 7. The summed E-state index contributed by atoms with van der Waals surface area (Å²) >= 11 is 2.69. The third-order valence-electron chi connectivity index (χ3n) is 16.0. The molecule has 7 rings (SSSR count). The maximum absolute atomic E-state index is 18.0. The number of ether oxygens (including phenoxy) is 2. The first-order valence-electron chi connectivity index (χ1n) is 25.5. The van der Waals surface area contributed by atoms with Crippen molar-refractivity contribution in [3.05, 3.63) is 89.5 Å². The Labute approximate surface area is 439 Å². The molecule has 7 N–H and O–H groups in total. The summed E-state index contributed by atoms with van der Waals surface area (Å²) in [6.45, 7) is 11.3. The summed E-state index contributed by atoms with van der Waals surface area (Å²) in [5.41, 5.74) is -4.51. The van der Waals surface area contributed by atoms with Gasteiger partial charge in [0.05, 0.1) is 23.9 Å². The number of aliphatic hydroxyl groups excluding tert-OH is 2. The number of Topliss-reactive ketones (excluding diaryl/α,β-unsaturated/α-hetero) is 1. The number of halogens is 2. The van der Waals surface area contributed by atoms with Crippen LogP contribution in [0.25, 0.3) is 0 Å². The fraction of sp³-hybridized carbons (Fsp3) is 0.564. The molecule has 0 bridgehead atoms. The molecule has 2 unspecified atom stereocenters. The van der Waals surface area contributed by atoms with E-state index in [4.69, 9.17) is 9.47 Å². The molecule has 402 valence electrons. The van der Waals surface area contributed by atoms with Crippen LogP contribution in [0.1, 0.15) is 112 Å². The molecule has 0 aromatic heterocycles. The number of nitrogens with one attached hydrogen (secondary N) is 4. The topological polar surface area (TPSA) is 230 Å². The second-order valence-electron chi connectivity index (χ2n) is 20.8. The molecule has 14 atom stereocenters. The predicted molar refractivity (Wildman–Crippen MR) is 277 cm³/mol. The minimum atomic E-state index is -2.24. The number of benzene rings is 2. The van der Waals surface area contributed by atoms with Gasteiger partial charge in [0.25, 0.3) is 0 Å². The molecule has 5 aliphatic rings. The van der Waals surface area contributed by atoms with E-state index in [-0.39, 0.29) is 43.9 Å². The van der Waals surface area contributed by atoms with Crippen molar-refractivity contribution in [1.29, 1.82) is 0 Å². The normalized spacial score (nSPS) is 31.8. The number of amides is 4. The number of aliphatic hydroxyl groups is 2. The number of hydrogen-bond donors (Lipinski definition) is 7. The molecule has 15 nitrogen and oxygen atoms in total. The number of unbranched alkanes of at least 4 members (excludes halogenated alkanes) is 1. The maximum Gasteiger partial charge on any atom is 0.305 e. The Kier molecular flexibility index (Phi) is 17.8. The molecule has 2 aromatic carbocycles. The van der Waals surface area contributed by atoms with Gasteiger partial charge in [-0.3, -0.25) is 28.8 Å². The van der Waals surface area contributed by atoms with E-state index in [9.17, 15) is 44.1 Å². The molecular formula is C55H70F2N4O11S2. The van der Waals surface area contributed by atoms with Crippen molar-refractivity contribution in [3.8, 4) is 0 Å². The van der Waals surface area contributed by atoms with Crippen LogP contribution in [0, 0.1) is 22.7 Å². The third-order valence-corrected chi connectivity index (χ3v) is 18.4. The van der Waals surface area contributed by atoms with Crippen LogP contribution < -0.4 is 21.3 Å². The van der Waals surface area contributed by atoms with E-state index in [2.05, 4.69) is 28.2 Å². The lowest BCUT2D eigenvalue weighted by Gasteiger charge is -2.63. The first-order valence-corrected chi connectivity index (χ1v) is 27.3. The number of hydrogen-bond acceptors (Lipinski definition) is 12. The molecule has 4 amide bonds. The number of carboxylic acid groups (broad SMARTS) is 1. The number of aliphatic carboxylic acids is 1. The molecule has 1 aliphatic heterocycles. The zero-order chi connectivity index (χ0) is 53.9. The summed E-state index contributed by atoms with van der Waals surface area (Å²) < 4.78 is 47.4. The third kappa shape index (κ3) is 11.0. The lowest BCUT2D eigenvalue weighted by molar-refractivity contribution is -0.235. The van der Waals surface area contributed by atoms with Crippen molar-refractivity contribution in [2.45, 2.75) is 168 Å². The number of ketones is 1. The van der Waals surface area contributed by atoms with Gasteiger partial charge in [-0.15, -0.1) is 11.8 Å². The number of carbonyl (C=O) groups is 6. The van der Waals surface area contributed by atoms with Gasteiger partial charge in [-0.2, -0.15) is 0 Å². The zero-order valence-corrected chi connectivity index (χ0v) is 44.6. The molecule has 4 fully saturated rings. The largest absolute Gasteiger partial charge is 0.481 e. The van der Waals surface area contributed by atoms with E-state index >= 15 is 8.78 Å². The summed E-state index contributed by atoms with van der Waals surface area (Å²) in [5, 5.41) is 41.5. The highest BCUT2D eigenvalue weighted by Crippen LogP contribution is 2.73. The highest BCUT2D eigenvalue weighted by Gasteiger charge is 2.80. The van der Waals surface area contributed by atoms with Gasteiger partial charge in [0, 0.05) is 56.0 Å². The molecule has 19 heteroatoms. The van der Waals surface area contributed by atoms with Crippen molar-refractivity contribution in [2.24, 2.45) is 22.7 Å². The summed E-state index contributed by atoms with van der Waals surface area (Å²) in [6, 6.07) is 12.3. The molecule has 3 saturated carbocycles. The number of rotatable bonds is 21. The van der Waals surface area contributed by atoms with Crippen molar-refractivity contribution < 1.29 is 62.3 Å². The van der Waals surface area contributed by atoms with Crippen LogP contribution in [0.4, 0.5) is 14.5 Å². The monoisotopic (exact) mass is 1060 g/mol. The fourth-order valence-electron chi connectivity index (χ4n) is 12.0. The molecule has 4 aliphatic carbocycles. The second-order valence-corrected chi connectivity index (χ2v) is 23.6. The van der Waals surface area contributed by atoms with Gasteiger partial charge in [0.1, 0.15) is 24.9 Å². The van der Waals surface area contributed by atoms with Crippen molar-refractivity contribution >= 4 is 64.6 Å². The van der Waals surface area contributed by atoms with Crippen LogP contribution in [0.5, 0.6) is 0 Å². The fourth-order valence-corrected chi connectivity index (χ4v) is 14.2. The molecule has 2 aromatic rings. The molecular weight excluding hydrogens is 995 g/mol. The Bertz CT molecular complexity index is 2570. The van der Waals surface area contributed by atoms with Crippen molar-refractivity contribution in [2.75, 3.05) is 18.5 Å². The summed E-state index contributed by atoms with van der Waals surface area (Å²) in [7, 11) is 0. The number of anilines is 1. The van der Waals surface area contributed by atoms with E-state index < -0.39 is 118 Å². The molecule has 0 spiro atoms. The van der Waals surface area contributed by atoms with Gasteiger partial charge in [0.15, 0.2) is 23.3 Å². The lowest BCUT2D eigenvalue weighted by atomic mass is 9.44. The van der Waals surface area contributed by atoms with Gasteiger partial charge in [-0.25, -0.2) is 8.78 Å². The minimum Gasteiger partial charge on any atom is -0.481 e. The number of thioether (sulfide) groups is 1. The van der Waals surface area contributed by atoms with E-state index in [1.165, 1.54) is 37.4 Å². The zero-order valence-electron chi connectivity index (χ0n) is 43.0. The van der Waals surface area contributed by atoms with Gasteiger partial charge in [-0.1, -0.05) is 87.9 Å². The molecule has 1 heterocycles. The Hall–Kier alpha value is -4.92. The van der Waals surface area contributed by atoms with E-state index in [0.29, 0.717) is 16.8 Å². The molecule has 0 radical (unpaired) electrons. The van der Waals surface area contributed by atoms with Crippen LogP contribution in [-0.2, 0) is 38.2 Å². The Morgan fingerprint density at radius 2 is 1.66 bits per heavy atom.